The van der Waals surface area contributed by atoms with Crippen molar-refractivity contribution < 1.29 is 14.3 Å². The van der Waals surface area contributed by atoms with E-state index in [-0.39, 0.29) is 18.7 Å². The van der Waals surface area contributed by atoms with Gasteiger partial charge in [-0.25, -0.2) is 0 Å². The van der Waals surface area contributed by atoms with Crippen molar-refractivity contribution in [3.8, 4) is 11.5 Å². The van der Waals surface area contributed by atoms with Gasteiger partial charge in [0.25, 0.3) is 5.91 Å². The highest BCUT2D eigenvalue weighted by molar-refractivity contribution is 9.10. The minimum Gasteiger partial charge on any atom is -0.454 e. The normalized spacial score (nSPS) is 13.8. The van der Waals surface area contributed by atoms with E-state index in [0.717, 1.165) is 15.8 Å². The number of benzene rings is 2. The molecule has 1 heterocycles. The van der Waals surface area contributed by atoms with Gasteiger partial charge in [-0.2, -0.15) is 0 Å². The Morgan fingerprint density at radius 3 is 2.82 bits per heavy atom. The Bertz CT molecular complexity index is 735. The van der Waals surface area contributed by atoms with Gasteiger partial charge in [-0.1, -0.05) is 33.6 Å². The van der Waals surface area contributed by atoms with Gasteiger partial charge in [-0.05, 0) is 42.8 Å². The van der Waals surface area contributed by atoms with E-state index in [1.807, 2.05) is 25.1 Å². The van der Waals surface area contributed by atoms with E-state index in [0.29, 0.717) is 16.3 Å². The number of amides is 1. The summed E-state index contributed by atoms with van der Waals surface area (Å²) in [6.07, 6.45) is 0. The van der Waals surface area contributed by atoms with E-state index in [4.69, 9.17) is 21.1 Å². The van der Waals surface area contributed by atoms with Gasteiger partial charge in [-0.15, -0.1) is 0 Å². The van der Waals surface area contributed by atoms with Gasteiger partial charge in [0.1, 0.15) is 0 Å². The number of ether oxygens (including phenoxy) is 2. The molecule has 1 N–H and O–H groups in total. The van der Waals surface area contributed by atoms with Gasteiger partial charge in [-0.3, -0.25) is 4.79 Å². The molecule has 0 spiro atoms. The lowest BCUT2D eigenvalue weighted by Crippen LogP contribution is -2.26. The average molecular weight is 383 g/mol. The molecule has 22 heavy (non-hydrogen) atoms. The summed E-state index contributed by atoms with van der Waals surface area (Å²) in [5.41, 5.74) is 1.37. The van der Waals surface area contributed by atoms with Crippen LogP contribution in [0.3, 0.4) is 0 Å². The first-order chi connectivity index (χ1) is 10.5. The molecule has 0 aromatic heterocycles. The fourth-order valence-corrected chi connectivity index (χ4v) is 2.78. The van der Waals surface area contributed by atoms with Crippen LogP contribution >= 0.6 is 27.5 Å². The predicted molar refractivity (Wildman–Crippen MR) is 87.6 cm³/mol. The van der Waals surface area contributed by atoms with E-state index in [1.54, 1.807) is 18.2 Å². The molecule has 0 fully saturated rings. The number of hydrogen-bond acceptors (Lipinski definition) is 3. The number of carbonyl (C=O) groups is 1. The van der Waals surface area contributed by atoms with Crippen molar-refractivity contribution in [1.82, 2.24) is 5.32 Å². The predicted octanol–water partition coefficient (Wildman–Crippen LogP) is 4.32. The highest BCUT2D eigenvalue weighted by Gasteiger charge is 2.18. The highest BCUT2D eigenvalue weighted by atomic mass is 79.9. The van der Waals surface area contributed by atoms with Crippen molar-refractivity contribution in [2.45, 2.75) is 13.0 Å². The Labute approximate surface area is 141 Å². The summed E-state index contributed by atoms with van der Waals surface area (Å²) >= 11 is 9.42. The van der Waals surface area contributed by atoms with Crippen LogP contribution in [0.5, 0.6) is 11.5 Å². The molecule has 6 heteroatoms. The lowest BCUT2D eigenvalue weighted by Gasteiger charge is -2.15. The summed E-state index contributed by atoms with van der Waals surface area (Å²) in [5, 5.41) is 3.35. The number of hydrogen-bond donors (Lipinski definition) is 1. The van der Waals surface area contributed by atoms with Crippen LogP contribution in [0.15, 0.2) is 40.9 Å². The molecule has 1 amide bonds. The fourth-order valence-electron chi connectivity index (χ4n) is 2.21. The van der Waals surface area contributed by atoms with Gasteiger partial charge in [0, 0.05) is 4.47 Å². The molecule has 1 unspecified atom stereocenters. The fraction of sp³-hybridized carbons (Fsp3) is 0.188. The zero-order valence-corrected chi connectivity index (χ0v) is 14.1. The summed E-state index contributed by atoms with van der Waals surface area (Å²) in [6.45, 7) is 2.13. The van der Waals surface area contributed by atoms with Crippen molar-refractivity contribution in [1.29, 1.82) is 0 Å². The van der Waals surface area contributed by atoms with Crippen molar-refractivity contribution in [3.63, 3.8) is 0 Å². The topological polar surface area (TPSA) is 47.6 Å². The van der Waals surface area contributed by atoms with Crippen LogP contribution in [-0.4, -0.2) is 12.7 Å². The minimum absolute atomic E-state index is 0.183. The lowest BCUT2D eigenvalue weighted by molar-refractivity contribution is 0.0940. The van der Waals surface area contributed by atoms with Gasteiger partial charge in [0.15, 0.2) is 11.5 Å². The number of nitrogens with one attached hydrogen (secondary N) is 1. The van der Waals surface area contributed by atoms with Crippen LogP contribution < -0.4 is 14.8 Å². The maximum Gasteiger partial charge on any atom is 0.253 e. The van der Waals surface area contributed by atoms with Crippen LogP contribution in [-0.2, 0) is 0 Å². The third-order valence-electron chi connectivity index (χ3n) is 3.42. The molecule has 0 radical (unpaired) electrons. The maximum absolute atomic E-state index is 12.4. The molecule has 1 aliphatic heterocycles. The van der Waals surface area contributed by atoms with Gasteiger partial charge in [0.05, 0.1) is 16.6 Å². The van der Waals surface area contributed by atoms with Gasteiger partial charge < -0.3 is 14.8 Å². The Morgan fingerprint density at radius 2 is 2.00 bits per heavy atom. The molecule has 3 rings (SSSR count). The van der Waals surface area contributed by atoms with E-state index in [2.05, 4.69) is 21.2 Å². The Kier molecular flexibility index (Phi) is 4.27. The number of rotatable bonds is 3. The van der Waals surface area contributed by atoms with E-state index in [1.165, 1.54) is 0 Å². The SMILES string of the molecule is CC(NC(=O)c1cc(Br)ccc1Cl)c1ccc2c(c1)OCO2. The third kappa shape index (κ3) is 3.05. The zero-order valence-electron chi connectivity index (χ0n) is 11.7. The van der Waals surface area contributed by atoms with Crippen LogP contribution in [0.4, 0.5) is 0 Å². The van der Waals surface area contributed by atoms with Crippen molar-refractivity contribution >= 4 is 33.4 Å². The summed E-state index contributed by atoms with van der Waals surface area (Å²) < 4.78 is 11.4. The molecule has 1 aliphatic rings. The molecule has 4 nitrogen and oxygen atoms in total. The first-order valence-corrected chi connectivity index (χ1v) is 7.87. The molecule has 2 aromatic carbocycles. The van der Waals surface area contributed by atoms with Crippen molar-refractivity contribution in [2.75, 3.05) is 6.79 Å². The second-order valence-corrected chi connectivity index (χ2v) is 6.25. The molecule has 114 valence electrons. The maximum atomic E-state index is 12.4. The Hall–Kier alpha value is -1.72. The molecule has 1 atom stereocenters. The molecule has 0 saturated heterocycles. The molecular formula is C16H13BrClNO3. The van der Waals surface area contributed by atoms with Crippen LogP contribution in [0.2, 0.25) is 5.02 Å². The number of halogens is 2. The number of carbonyl (C=O) groups excluding carboxylic acids is 1. The van der Waals surface area contributed by atoms with Crippen LogP contribution in [0.1, 0.15) is 28.9 Å². The molecule has 2 aromatic rings. The summed E-state index contributed by atoms with van der Waals surface area (Å²) in [7, 11) is 0. The third-order valence-corrected chi connectivity index (χ3v) is 4.24. The summed E-state index contributed by atoms with van der Waals surface area (Å²) in [6, 6.07) is 10.6. The first-order valence-electron chi connectivity index (χ1n) is 6.70. The quantitative estimate of drug-likeness (QED) is 0.860. The average Bonchev–Trinajstić information content (AvgIpc) is 2.97. The van der Waals surface area contributed by atoms with Gasteiger partial charge in [0.2, 0.25) is 6.79 Å². The van der Waals surface area contributed by atoms with E-state index >= 15 is 0 Å². The molecule has 0 bridgehead atoms. The van der Waals surface area contributed by atoms with Crippen molar-refractivity contribution in [2.24, 2.45) is 0 Å². The zero-order chi connectivity index (χ0) is 15.7. The second-order valence-electron chi connectivity index (χ2n) is 4.93. The minimum atomic E-state index is -0.225. The Morgan fingerprint density at radius 1 is 1.23 bits per heavy atom. The van der Waals surface area contributed by atoms with E-state index < -0.39 is 0 Å². The van der Waals surface area contributed by atoms with Crippen LogP contribution in [0.25, 0.3) is 0 Å². The first kappa shape index (κ1) is 15.2. The largest absolute Gasteiger partial charge is 0.454 e. The van der Waals surface area contributed by atoms with Crippen LogP contribution in [0, 0.1) is 0 Å². The standard InChI is InChI=1S/C16H13BrClNO3/c1-9(10-2-5-14-15(6-10)22-8-21-14)19-16(20)12-7-11(17)3-4-13(12)18/h2-7,9H,8H2,1H3,(H,19,20). The number of fused-ring (bicyclic) bond motifs is 1. The molecule has 0 aliphatic carbocycles. The summed E-state index contributed by atoms with van der Waals surface area (Å²) in [5.74, 6) is 1.19. The highest BCUT2D eigenvalue weighted by Crippen LogP contribution is 2.34. The van der Waals surface area contributed by atoms with Gasteiger partial charge >= 0.3 is 0 Å². The Balaban J connectivity index is 1.77. The smallest absolute Gasteiger partial charge is 0.253 e. The van der Waals surface area contributed by atoms with E-state index in [9.17, 15) is 4.79 Å². The second kappa shape index (κ2) is 6.18. The van der Waals surface area contributed by atoms with Crippen molar-refractivity contribution in [3.05, 3.63) is 57.0 Å². The molecule has 0 saturated carbocycles. The lowest BCUT2D eigenvalue weighted by atomic mass is 10.1. The molecular weight excluding hydrogens is 370 g/mol. The monoisotopic (exact) mass is 381 g/mol. The summed E-state index contributed by atoms with van der Waals surface area (Å²) in [4.78, 5) is 12.4.